The highest BCUT2D eigenvalue weighted by atomic mass is 35.5. The standard InChI is InChI=1S/C19H12Cl2F4N2O2/c20-11-2-4-12(5-3-11)27-18(29)9-16(26-27)13-7-10(15(22)8-14(13)21)1-6-17(28)19(23,24)25/h2-5,7-8H,1,6,9H2. The first kappa shape index (κ1) is 21.3. The normalized spacial score (nSPS) is 14.3. The molecular weight excluding hydrogens is 435 g/mol. The van der Waals surface area contributed by atoms with Gasteiger partial charge in [-0.1, -0.05) is 23.2 Å². The molecule has 1 aliphatic heterocycles. The fourth-order valence-corrected chi connectivity index (χ4v) is 3.14. The second kappa shape index (κ2) is 8.12. The molecule has 0 bridgehead atoms. The Kier molecular flexibility index (Phi) is 5.95. The van der Waals surface area contributed by atoms with Crippen LogP contribution in [0.4, 0.5) is 23.2 Å². The van der Waals surface area contributed by atoms with Gasteiger partial charge in [-0.2, -0.15) is 18.3 Å². The molecule has 29 heavy (non-hydrogen) atoms. The average Bonchev–Trinajstić information content (AvgIpc) is 3.02. The van der Waals surface area contributed by atoms with Gasteiger partial charge in [0, 0.05) is 17.0 Å². The van der Waals surface area contributed by atoms with Gasteiger partial charge >= 0.3 is 6.18 Å². The first-order valence-corrected chi connectivity index (χ1v) is 9.06. The number of hydrogen-bond acceptors (Lipinski definition) is 3. The number of amides is 1. The molecule has 0 fully saturated rings. The van der Waals surface area contributed by atoms with E-state index in [1.165, 1.54) is 6.07 Å². The number of hydrazone groups is 1. The summed E-state index contributed by atoms with van der Waals surface area (Å²) >= 11 is 11.9. The van der Waals surface area contributed by atoms with Gasteiger partial charge in [-0.05, 0) is 48.4 Å². The Balaban J connectivity index is 1.88. The van der Waals surface area contributed by atoms with E-state index in [9.17, 15) is 27.2 Å². The van der Waals surface area contributed by atoms with Gasteiger partial charge in [0.05, 0.1) is 22.8 Å². The van der Waals surface area contributed by atoms with Crippen molar-refractivity contribution in [3.8, 4) is 0 Å². The highest BCUT2D eigenvalue weighted by Crippen LogP contribution is 2.29. The molecule has 0 radical (unpaired) electrons. The number of Topliss-reactive ketones (excluding diaryl/α,β-unsaturated/α-hetero) is 1. The Morgan fingerprint density at radius 2 is 1.79 bits per heavy atom. The third kappa shape index (κ3) is 4.76. The highest BCUT2D eigenvalue weighted by molar-refractivity contribution is 6.35. The van der Waals surface area contributed by atoms with Crippen molar-refractivity contribution in [3.05, 3.63) is 63.4 Å². The summed E-state index contributed by atoms with van der Waals surface area (Å²) in [5.74, 6) is -3.15. The van der Waals surface area contributed by atoms with Gasteiger partial charge in [-0.25, -0.2) is 9.40 Å². The predicted octanol–water partition coefficient (Wildman–Crippen LogP) is 5.34. The number of anilines is 1. The van der Waals surface area contributed by atoms with Crippen LogP contribution in [0.15, 0.2) is 41.5 Å². The molecule has 2 aromatic carbocycles. The van der Waals surface area contributed by atoms with Gasteiger partial charge in [0.1, 0.15) is 5.82 Å². The zero-order valence-electron chi connectivity index (χ0n) is 14.6. The number of ketones is 1. The van der Waals surface area contributed by atoms with Crippen molar-refractivity contribution in [3.63, 3.8) is 0 Å². The molecule has 0 aromatic heterocycles. The molecule has 1 aliphatic rings. The van der Waals surface area contributed by atoms with Gasteiger partial charge < -0.3 is 0 Å². The summed E-state index contributed by atoms with van der Waals surface area (Å²) in [6, 6.07) is 8.50. The fourth-order valence-electron chi connectivity index (χ4n) is 2.76. The molecule has 0 N–H and O–H groups in total. The average molecular weight is 447 g/mol. The van der Waals surface area contributed by atoms with Crippen LogP contribution in [0.3, 0.4) is 0 Å². The summed E-state index contributed by atoms with van der Waals surface area (Å²) in [5, 5.41) is 5.78. The van der Waals surface area contributed by atoms with E-state index in [0.717, 1.165) is 11.1 Å². The first-order chi connectivity index (χ1) is 13.6. The van der Waals surface area contributed by atoms with E-state index in [0.29, 0.717) is 10.7 Å². The molecule has 0 atom stereocenters. The molecule has 1 amide bonds. The number of alkyl halides is 3. The molecule has 0 aliphatic carbocycles. The van der Waals surface area contributed by atoms with Gasteiger partial charge in [-0.15, -0.1) is 0 Å². The van der Waals surface area contributed by atoms with Crippen LogP contribution in [-0.2, 0) is 16.0 Å². The number of rotatable bonds is 5. The number of carbonyl (C=O) groups excluding carboxylic acids is 2. The smallest absolute Gasteiger partial charge is 0.290 e. The zero-order valence-corrected chi connectivity index (χ0v) is 16.1. The molecule has 2 aromatic rings. The molecule has 0 unspecified atom stereocenters. The third-order valence-corrected chi connectivity index (χ3v) is 4.80. The van der Waals surface area contributed by atoms with Gasteiger partial charge in [0.25, 0.3) is 5.91 Å². The zero-order chi connectivity index (χ0) is 21.3. The van der Waals surface area contributed by atoms with Gasteiger partial charge in [-0.3, -0.25) is 9.59 Å². The van der Waals surface area contributed by atoms with E-state index in [4.69, 9.17) is 23.2 Å². The maximum absolute atomic E-state index is 14.1. The summed E-state index contributed by atoms with van der Waals surface area (Å²) in [4.78, 5) is 23.4. The Morgan fingerprint density at radius 3 is 2.41 bits per heavy atom. The summed E-state index contributed by atoms with van der Waals surface area (Å²) < 4.78 is 51.3. The second-order valence-corrected chi connectivity index (χ2v) is 7.09. The van der Waals surface area contributed by atoms with Crippen molar-refractivity contribution in [2.24, 2.45) is 5.10 Å². The van der Waals surface area contributed by atoms with Crippen LogP contribution in [0.1, 0.15) is 24.0 Å². The molecule has 0 spiro atoms. The van der Waals surface area contributed by atoms with Crippen LogP contribution in [0.2, 0.25) is 10.0 Å². The van der Waals surface area contributed by atoms with Crippen molar-refractivity contribution in [1.82, 2.24) is 0 Å². The van der Waals surface area contributed by atoms with Crippen LogP contribution in [0, 0.1) is 5.82 Å². The number of nitrogens with zero attached hydrogens (tertiary/aromatic N) is 2. The maximum Gasteiger partial charge on any atom is 0.449 e. The predicted molar refractivity (Wildman–Crippen MR) is 101 cm³/mol. The van der Waals surface area contributed by atoms with Crippen molar-refractivity contribution >= 4 is 46.3 Å². The first-order valence-electron chi connectivity index (χ1n) is 8.30. The van der Waals surface area contributed by atoms with Crippen LogP contribution < -0.4 is 5.01 Å². The highest BCUT2D eigenvalue weighted by Gasteiger charge is 2.37. The molecule has 1 heterocycles. The second-order valence-electron chi connectivity index (χ2n) is 6.25. The molecular formula is C19H12Cl2F4N2O2. The van der Waals surface area contributed by atoms with E-state index in [1.54, 1.807) is 24.3 Å². The topological polar surface area (TPSA) is 49.7 Å². The summed E-state index contributed by atoms with van der Waals surface area (Å²) in [6.45, 7) is 0. The molecule has 10 heteroatoms. The molecule has 152 valence electrons. The van der Waals surface area contributed by atoms with Crippen LogP contribution in [-0.4, -0.2) is 23.6 Å². The summed E-state index contributed by atoms with van der Waals surface area (Å²) in [6.07, 6.45) is -6.47. The van der Waals surface area contributed by atoms with E-state index in [2.05, 4.69) is 5.10 Å². The monoisotopic (exact) mass is 446 g/mol. The fraction of sp³-hybridized carbons (Fsp3) is 0.211. The van der Waals surface area contributed by atoms with Gasteiger partial charge in [0.15, 0.2) is 0 Å². The Bertz CT molecular complexity index is 1000. The number of hydrogen-bond donors (Lipinski definition) is 0. The third-order valence-electron chi connectivity index (χ3n) is 4.23. The number of carbonyl (C=O) groups is 2. The maximum atomic E-state index is 14.1. The van der Waals surface area contributed by atoms with Crippen LogP contribution in [0.25, 0.3) is 0 Å². The lowest BCUT2D eigenvalue weighted by Gasteiger charge is -2.11. The molecule has 3 rings (SSSR count). The SMILES string of the molecule is O=C1CC(c2cc(CCC(=O)C(F)(F)F)c(F)cc2Cl)=NN1c1ccc(Cl)cc1. The van der Waals surface area contributed by atoms with Crippen molar-refractivity contribution in [2.45, 2.75) is 25.4 Å². The molecule has 4 nitrogen and oxygen atoms in total. The van der Waals surface area contributed by atoms with E-state index in [1.807, 2.05) is 0 Å². The minimum atomic E-state index is -4.98. The van der Waals surface area contributed by atoms with Gasteiger partial charge in [0.2, 0.25) is 5.78 Å². The lowest BCUT2D eigenvalue weighted by molar-refractivity contribution is -0.171. The van der Waals surface area contributed by atoms with Crippen LogP contribution >= 0.6 is 23.2 Å². The van der Waals surface area contributed by atoms with E-state index < -0.39 is 30.6 Å². The number of aryl methyl sites for hydroxylation is 1. The van der Waals surface area contributed by atoms with Crippen molar-refractivity contribution < 1.29 is 27.2 Å². The lowest BCUT2D eigenvalue weighted by atomic mass is 10.0. The summed E-state index contributed by atoms with van der Waals surface area (Å²) in [5.41, 5.74) is 0.788. The minimum absolute atomic E-state index is 0.0436. The van der Waals surface area contributed by atoms with E-state index >= 15 is 0 Å². The number of benzene rings is 2. The van der Waals surface area contributed by atoms with Crippen molar-refractivity contribution in [1.29, 1.82) is 0 Å². The minimum Gasteiger partial charge on any atom is -0.290 e. The van der Waals surface area contributed by atoms with Crippen LogP contribution in [0.5, 0.6) is 0 Å². The molecule has 0 saturated carbocycles. The Hall–Kier alpha value is -2.45. The summed E-state index contributed by atoms with van der Waals surface area (Å²) in [7, 11) is 0. The largest absolute Gasteiger partial charge is 0.449 e. The molecule has 0 saturated heterocycles. The quantitative estimate of drug-likeness (QED) is 0.582. The van der Waals surface area contributed by atoms with E-state index in [-0.39, 0.29) is 34.2 Å². The Morgan fingerprint density at radius 1 is 1.14 bits per heavy atom. The number of halogens is 6. The van der Waals surface area contributed by atoms with Crippen molar-refractivity contribution in [2.75, 3.05) is 5.01 Å². The lowest BCUT2D eigenvalue weighted by Crippen LogP contribution is -2.23. The Labute approximate surface area is 172 Å².